The molecule has 20 heavy (non-hydrogen) atoms. The zero-order valence-corrected chi connectivity index (χ0v) is 13.0. The smallest absolute Gasteiger partial charge is 0.244 e. The van der Waals surface area contributed by atoms with E-state index < -0.39 is 0 Å². The van der Waals surface area contributed by atoms with E-state index >= 15 is 0 Å². The lowest BCUT2D eigenvalue weighted by molar-refractivity contribution is -0.118. The normalized spacial score (nSPS) is 12.7. The van der Waals surface area contributed by atoms with Gasteiger partial charge in [-0.05, 0) is 49.5 Å². The largest absolute Gasteiger partial charge is 0.508 e. The third-order valence-corrected chi connectivity index (χ3v) is 2.75. The summed E-state index contributed by atoms with van der Waals surface area (Å²) in [6.07, 6.45) is 4.16. The van der Waals surface area contributed by atoms with Gasteiger partial charge in [0.1, 0.15) is 5.75 Å². The van der Waals surface area contributed by atoms with Crippen LogP contribution in [0.15, 0.2) is 30.3 Å². The van der Waals surface area contributed by atoms with Gasteiger partial charge < -0.3 is 10.4 Å². The summed E-state index contributed by atoms with van der Waals surface area (Å²) in [4.78, 5) is 11.9. The van der Waals surface area contributed by atoms with Crippen molar-refractivity contribution in [3.05, 3.63) is 35.9 Å². The molecule has 0 unspecified atom stereocenters. The van der Waals surface area contributed by atoms with Crippen LogP contribution in [0.4, 0.5) is 0 Å². The quantitative estimate of drug-likeness (QED) is 0.822. The molecule has 1 amide bonds. The van der Waals surface area contributed by atoms with Crippen molar-refractivity contribution in [1.82, 2.24) is 5.32 Å². The summed E-state index contributed by atoms with van der Waals surface area (Å²) < 4.78 is 0. The number of phenols is 1. The van der Waals surface area contributed by atoms with Gasteiger partial charge in [0, 0.05) is 11.6 Å². The van der Waals surface area contributed by atoms with E-state index in [1.54, 1.807) is 30.3 Å². The molecule has 0 aliphatic rings. The molecule has 3 nitrogen and oxygen atoms in total. The number of hydrogen-bond donors (Lipinski definition) is 2. The highest BCUT2D eigenvalue weighted by molar-refractivity contribution is 5.92. The average molecular weight is 275 g/mol. The molecule has 0 fully saturated rings. The summed E-state index contributed by atoms with van der Waals surface area (Å²) in [5.74, 6) is 0.116. The zero-order chi connectivity index (χ0) is 15.4. The molecule has 110 valence electrons. The number of carbonyl (C=O) groups excluding carboxylic acids is 1. The first kappa shape index (κ1) is 16.3. The minimum Gasteiger partial charge on any atom is -0.508 e. The van der Waals surface area contributed by atoms with Gasteiger partial charge in [0.25, 0.3) is 0 Å². The number of amides is 1. The number of phenolic OH excluding ortho intramolecular Hbond substituents is 1. The maximum absolute atomic E-state index is 11.9. The maximum atomic E-state index is 11.9. The van der Waals surface area contributed by atoms with Gasteiger partial charge in [0.15, 0.2) is 0 Å². The first-order chi connectivity index (χ1) is 9.07. The SMILES string of the molecule is CC(C)(C)CC(C)(C)NC(=O)/C=C/c1ccc(O)cc1. The Morgan fingerprint density at radius 1 is 1.15 bits per heavy atom. The van der Waals surface area contributed by atoms with Gasteiger partial charge in [-0.2, -0.15) is 0 Å². The Bertz CT molecular complexity index is 479. The van der Waals surface area contributed by atoms with Crippen LogP contribution >= 0.6 is 0 Å². The van der Waals surface area contributed by atoms with Crippen molar-refractivity contribution in [1.29, 1.82) is 0 Å². The highest BCUT2D eigenvalue weighted by Crippen LogP contribution is 2.26. The summed E-state index contributed by atoms with van der Waals surface area (Å²) in [5, 5.41) is 12.2. The van der Waals surface area contributed by atoms with Crippen LogP contribution in [0.2, 0.25) is 0 Å². The van der Waals surface area contributed by atoms with Crippen LogP contribution in [-0.2, 0) is 4.79 Å². The Balaban J connectivity index is 2.61. The first-order valence-electron chi connectivity index (χ1n) is 6.87. The van der Waals surface area contributed by atoms with Crippen LogP contribution in [0, 0.1) is 5.41 Å². The molecule has 3 heteroatoms. The van der Waals surface area contributed by atoms with E-state index in [9.17, 15) is 9.90 Å². The molecular weight excluding hydrogens is 250 g/mol. The molecule has 2 N–H and O–H groups in total. The van der Waals surface area contributed by atoms with Crippen LogP contribution in [0.1, 0.15) is 46.6 Å². The van der Waals surface area contributed by atoms with Gasteiger partial charge in [-0.3, -0.25) is 4.79 Å². The highest BCUT2D eigenvalue weighted by Gasteiger charge is 2.26. The minimum atomic E-state index is -0.241. The first-order valence-corrected chi connectivity index (χ1v) is 6.87. The van der Waals surface area contributed by atoms with Crippen LogP contribution < -0.4 is 5.32 Å². The fraction of sp³-hybridized carbons (Fsp3) is 0.471. The lowest BCUT2D eigenvalue weighted by Crippen LogP contribution is -2.45. The lowest BCUT2D eigenvalue weighted by atomic mass is 9.82. The lowest BCUT2D eigenvalue weighted by Gasteiger charge is -2.32. The number of aromatic hydroxyl groups is 1. The molecule has 0 spiro atoms. The van der Waals surface area contributed by atoms with Crippen molar-refractivity contribution in [3.8, 4) is 5.75 Å². The van der Waals surface area contributed by atoms with Gasteiger partial charge in [0.05, 0.1) is 0 Å². The molecule has 0 heterocycles. The van der Waals surface area contributed by atoms with Crippen molar-refractivity contribution in [2.24, 2.45) is 5.41 Å². The maximum Gasteiger partial charge on any atom is 0.244 e. The third kappa shape index (κ3) is 6.41. The highest BCUT2D eigenvalue weighted by atomic mass is 16.3. The van der Waals surface area contributed by atoms with Crippen molar-refractivity contribution in [2.45, 2.75) is 46.6 Å². The Labute approximate surface area is 121 Å². The Morgan fingerprint density at radius 3 is 2.20 bits per heavy atom. The van der Waals surface area contributed by atoms with Crippen LogP contribution in [0.3, 0.4) is 0 Å². The van der Waals surface area contributed by atoms with E-state index in [2.05, 4.69) is 26.1 Å². The molecule has 0 saturated heterocycles. The van der Waals surface area contributed by atoms with Gasteiger partial charge in [-0.25, -0.2) is 0 Å². The van der Waals surface area contributed by atoms with Crippen molar-refractivity contribution >= 4 is 12.0 Å². The second kappa shape index (κ2) is 6.12. The van der Waals surface area contributed by atoms with Gasteiger partial charge >= 0.3 is 0 Å². The molecule has 0 bridgehead atoms. The number of rotatable bonds is 4. The zero-order valence-electron chi connectivity index (χ0n) is 13.0. The Kier molecular flexibility index (Phi) is 4.98. The molecular formula is C17H25NO2. The van der Waals surface area contributed by atoms with E-state index in [1.165, 1.54) is 6.08 Å². The number of hydrogen-bond acceptors (Lipinski definition) is 2. The van der Waals surface area contributed by atoms with E-state index in [1.807, 2.05) is 13.8 Å². The van der Waals surface area contributed by atoms with Gasteiger partial charge in [-0.1, -0.05) is 32.9 Å². The van der Waals surface area contributed by atoms with Crippen molar-refractivity contribution in [2.75, 3.05) is 0 Å². The van der Waals surface area contributed by atoms with Gasteiger partial charge in [-0.15, -0.1) is 0 Å². The molecule has 1 aromatic rings. The molecule has 1 aromatic carbocycles. The Hall–Kier alpha value is -1.77. The molecule has 0 aliphatic carbocycles. The number of nitrogens with one attached hydrogen (secondary N) is 1. The summed E-state index contributed by atoms with van der Waals surface area (Å²) >= 11 is 0. The summed E-state index contributed by atoms with van der Waals surface area (Å²) in [6, 6.07) is 6.72. The second-order valence-corrected chi connectivity index (χ2v) is 7.04. The molecule has 0 aliphatic heterocycles. The molecule has 0 radical (unpaired) electrons. The van der Waals surface area contributed by atoms with Crippen LogP contribution in [-0.4, -0.2) is 16.6 Å². The molecule has 0 aromatic heterocycles. The average Bonchev–Trinajstić information content (AvgIpc) is 2.24. The standard InChI is InChI=1S/C17H25NO2/c1-16(2,3)12-17(4,5)18-15(20)11-8-13-6-9-14(19)10-7-13/h6-11,19H,12H2,1-5H3,(H,18,20)/b11-8+. The summed E-state index contributed by atoms with van der Waals surface area (Å²) in [7, 11) is 0. The molecule has 1 rings (SSSR count). The minimum absolute atomic E-state index is 0.104. The van der Waals surface area contributed by atoms with Crippen LogP contribution in [0.5, 0.6) is 5.75 Å². The van der Waals surface area contributed by atoms with E-state index in [4.69, 9.17) is 0 Å². The van der Waals surface area contributed by atoms with E-state index in [0.717, 1.165) is 12.0 Å². The number of carbonyl (C=O) groups is 1. The van der Waals surface area contributed by atoms with Gasteiger partial charge in [0.2, 0.25) is 5.91 Å². The fourth-order valence-corrected chi connectivity index (χ4v) is 2.50. The van der Waals surface area contributed by atoms with Crippen molar-refractivity contribution in [3.63, 3.8) is 0 Å². The third-order valence-electron chi connectivity index (χ3n) is 2.75. The fourth-order valence-electron chi connectivity index (χ4n) is 2.50. The Morgan fingerprint density at radius 2 is 1.70 bits per heavy atom. The second-order valence-electron chi connectivity index (χ2n) is 7.04. The predicted molar refractivity (Wildman–Crippen MR) is 83.4 cm³/mol. The summed E-state index contributed by atoms with van der Waals surface area (Å²) in [5.41, 5.74) is 0.804. The van der Waals surface area contributed by atoms with Crippen molar-refractivity contribution < 1.29 is 9.90 Å². The summed E-state index contributed by atoms with van der Waals surface area (Å²) in [6.45, 7) is 10.5. The predicted octanol–water partition coefficient (Wildman–Crippen LogP) is 3.74. The molecule has 0 atom stereocenters. The monoisotopic (exact) mass is 275 g/mol. The van der Waals surface area contributed by atoms with E-state index in [-0.39, 0.29) is 22.6 Å². The topological polar surface area (TPSA) is 49.3 Å². The number of benzene rings is 1. The van der Waals surface area contributed by atoms with E-state index in [0.29, 0.717) is 0 Å². The molecule has 0 saturated carbocycles. The van der Waals surface area contributed by atoms with Crippen LogP contribution in [0.25, 0.3) is 6.08 Å².